The Morgan fingerprint density at radius 1 is 1.29 bits per heavy atom. The van der Waals surface area contributed by atoms with Gasteiger partial charge >= 0.3 is 0 Å². The van der Waals surface area contributed by atoms with Crippen LogP contribution in [0.5, 0.6) is 0 Å². The molecule has 0 fully saturated rings. The highest BCUT2D eigenvalue weighted by Gasteiger charge is 2.06. The second-order valence-electron chi connectivity index (χ2n) is 3.78. The fraction of sp³-hybridized carbons (Fsp3) is 0.417. The fourth-order valence-corrected chi connectivity index (χ4v) is 1.47. The smallest absolute Gasteiger partial charge is 0.0991 e. The molecule has 1 rings (SSSR count). The zero-order valence-electron chi connectivity index (χ0n) is 8.91. The molecule has 1 unspecified atom stereocenters. The minimum Gasteiger partial charge on any atom is -0.308 e. The summed E-state index contributed by atoms with van der Waals surface area (Å²) >= 11 is 0. The van der Waals surface area contributed by atoms with Crippen LogP contribution in [0.3, 0.4) is 0 Å². The van der Waals surface area contributed by atoms with Gasteiger partial charge in [-0.3, -0.25) is 0 Å². The average Bonchev–Trinajstić information content (AvgIpc) is 2.17. The molecule has 0 aliphatic rings. The van der Waals surface area contributed by atoms with Crippen LogP contribution in [0.15, 0.2) is 24.3 Å². The SMILES string of the molecule is CC(C)NC(C)c1cccc(C#N)c1. The van der Waals surface area contributed by atoms with Crippen LogP contribution in [0.4, 0.5) is 0 Å². The van der Waals surface area contributed by atoms with Gasteiger partial charge in [0.25, 0.3) is 0 Å². The maximum Gasteiger partial charge on any atom is 0.0991 e. The number of rotatable bonds is 3. The molecule has 0 aliphatic heterocycles. The van der Waals surface area contributed by atoms with Gasteiger partial charge in [0.15, 0.2) is 0 Å². The molecule has 0 bridgehead atoms. The van der Waals surface area contributed by atoms with Crippen molar-refractivity contribution < 1.29 is 0 Å². The van der Waals surface area contributed by atoms with Crippen LogP contribution in [0.25, 0.3) is 0 Å². The third-order valence-electron chi connectivity index (χ3n) is 2.10. The summed E-state index contributed by atoms with van der Waals surface area (Å²) in [6, 6.07) is 10.6. The van der Waals surface area contributed by atoms with Gasteiger partial charge in [-0.25, -0.2) is 0 Å². The second kappa shape index (κ2) is 4.78. The van der Waals surface area contributed by atoms with Gasteiger partial charge in [0.05, 0.1) is 11.6 Å². The van der Waals surface area contributed by atoms with Crippen molar-refractivity contribution in [3.05, 3.63) is 35.4 Å². The summed E-state index contributed by atoms with van der Waals surface area (Å²) in [5.74, 6) is 0. The van der Waals surface area contributed by atoms with Crippen molar-refractivity contribution in [3.8, 4) is 6.07 Å². The Kier molecular flexibility index (Phi) is 3.67. The zero-order valence-corrected chi connectivity index (χ0v) is 8.91. The van der Waals surface area contributed by atoms with Crippen molar-refractivity contribution in [1.82, 2.24) is 5.32 Å². The minimum absolute atomic E-state index is 0.295. The van der Waals surface area contributed by atoms with Gasteiger partial charge in [-0.2, -0.15) is 5.26 Å². The third kappa shape index (κ3) is 2.86. The zero-order chi connectivity index (χ0) is 10.6. The van der Waals surface area contributed by atoms with Crippen LogP contribution in [0.2, 0.25) is 0 Å². The topological polar surface area (TPSA) is 35.8 Å². The Balaban J connectivity index is 2.80. The first-order valence-electron chi connectivity index (χ1n) is 4.89. The Hall–Kier alpha value is -1.33. The molecule has 1 N–H and O–H groups in total. The van der Waals surface area contributed by atoms with Gasteiger partial charge in [0.2, 0.25) is 0 Å². The van der Waals surface area contributed by atoms with E-state index in [1.54, 1.807) is 0 Å². The largest absolute Gasteiger partial charge is 0.308 e. The molecule has 0 saturated heterocycles. The van der Waals surface area contributed by atoms with E-state index in [9.17, 15) is 0 Å². The molecule has 1 aromatic rings. The van der Waals surface area contributed by atoms with Gasteiger partial charge in [-0.15, -0.1) is 0 Å². The minimum atomic E-state index is 0.295. The van der Waals surface area contributed by atoms with Crippen molar-refractivity contribution >= 4 is 0 Å². The van der Waals surface area contributed by atoms with E-state index in [1.807, 2.05) is 24.3 Å². The number of hydrogen-bond acceptors (Lipinski definition) is 2. The molecule has 0 spiro atoms. The molecule has 0 aromatic heterocycles. The maximum atomic E-state index is 8.76. The summed E-state index contributed by atoms with van der Waals surface area (Å²) in [6.07, 6.45) is 0. The number of hydrogen-bond donors (Lipinski definition) is 1. The van der Waals surface area contributed by atoms with Gasteiger partial charge in [-0.05, 0) is 24.6 Å². The van der Waals surface area contributed by atoms with Gasteiger partial charge in [0.1, 0.15) is 0 Å². The van der Waals surface area contributed by atoms with Crippen molar-refractivity contribution in [2.45, 2.75) is 32.9 Å². The molecule has 1 aromatic carbocycles. The van der Waals surface area contributed by atoms with E-state index in [4.69, 9.17) is 5.26 Å². The van der Waals surface area contributed by atoms with E-state index < -0.39 is 0 Å². The quantitative estimate of drug-likeness (QED) is 0.791. The van der Waals surface area contributed by atoms with Crippen LogP contribution in [-0.4, -0.2) is 6.04 Å². The molecule has 2 nitrogen and oxygen atoms in total. The Morgan fingerprint density at radius 2 is 2.00 bits per heavy atom. The molecule has 2 heteroatoms. The molecule has 0 amide bonds. The summed E-state index contributed by atoms with van der Waals surface area (Å²) < 4.78 is 0. The first-order chi connectivity index (χ1) is 6.63. The lowest BCUT2D eigenvalue weighted by molar-refractivity contribution is 0.506. The Bertz CT molecular complexity index is 336. The normalized spacial score (nSPS) is 12.5. The average molecular weight is 188 g/mol. The van der Waals surface area contributed by atoms with E-state index in [0.29, 0.717) is 12.1 Å². The van der Waals surface area contributed by atoms with E-state index in [2.05, 4.69) is 32.2 Å². The van der Waals surface area contributed by atoms with Gasteiger partial charge in [0, 0.05) is 12.1 Å². The Labute approximate surface area is 85.6 Å². The van der Waals surface area contributed by atoms with Crippen molar-refractivity contribution in [3.63, 3.8) is 0 Å². The summed E-state index contributed by atoms with van der Waals surface area (Å²) in [5, 5.41) is 12.2. The van der Waals surface area contributed by atoms with E-state index >= 15 is 0 Å². The highest BCUT2D eigenvalue weighted by atomic mass is 14.9. The highest BCUT2D eigenvalue weighted by Crippen LogP contribution is 2.14. The van der Waals surface area contributed by atoms with Crippen molar-refractivity contribution in [2.75, 3.05) is 0 Å². The predicted molar refractivity (Wildman–Crippen MR) is 57.8 cm³/mol. The lowest BCUT2D eigenvalue weighted by Gasteiger charge is -2.17. The highest BCUT2D eigenvalue weighted by molar-refractivity contribution is 5.34. The van der Waals surface area contributed by atoms with Crippen LogP contribution in [-0.2, 0) is 0 Å². The molecule has 0 radical (unpaired) electrons. The number of nitrogens with one attached hydrogen (secondary N) is 1. The van der Waals surface area contributed by atoms with Crippen LogP contribution >= 0.6 is 0 Å². The summed E-state index contributed by atoms with van der Waals surface area (Å²) in [7, 11) is 0. The third-order valence-corrected chi connectivity index (χ3v) is 2.10. The fourth-order valence-electron chi connectivity index (χ4n) is 1.47. The van der Waals surface area contributed by atoms with Gasteiger partial charge in [-0.1, -0.05) is 26.0 Å². The van der Waals surface area contributed by atoms with Crippen LogP contribution < -0.4 is 5.32 Å². The molecule has 0 saturated carbocycles. The van der Waals surface area contributed by atoms with Crippen molar-refractivity contribution in [1.29, 1.82) is 5.26 Å². The summed E-state index contributed by atoms with van der Waals surface area (Å²) in [5.41, 5.74) is 1.89. The van der Waals surface area contributed by atoms with Crippen LogP contribution in [0.1, 0.15) is 37.9 Å². The molecule has 14 heavy (non-hydrogen) atoms. The van der Waals surface area contributed by atoms with Gasteiger partial charge < -0.3 is 5.32 Å². The maximum absolute atomic E-state index is 8.76. The predicted octanol–water partition coefficient (Wildman–Crippen LogP) is 2.62. The monoisotopic (exact) mass is 188 g/mol. The molecule has 1 atom stereocenters. The first-order valence-corrected chi connectivity index (χ1v) is 4.89. The number of nitriles is 1. The first kappa shape index (κ1) is 10.7. The summed E-state index contributed by atoms with van der Waals surface area (Å²) in [6.45, 7) is 6.34. The summed E-state index contributed by atoms with van der Waals surface area (Å²) in [4.78, 5) is 0. The van der Waals surface area contributed by atoms with E-state index in [-0.39, 0.29) is 0 Å². The molecule has 0 heterocycles. The lowest BCUT2D eigenvalue weighted by atomic mass is 10.1. The molecule has 74 valence electrons. The standard InChI is InChI=1S/C12H16N2/c1-9(2)14-10(3)12-6-4-5-11(7-12)8-13/h4-7,9-10,14H,1-3H3. The molecular formula is C12H16N2. The Morgan fingerprint density at radius 3 is 2.57 bits per heavy atom. The number of nitrogens with zero attached hydrogens (tertiary/aromatic N) is 1. The lowest BCUT2D eigenvalue weighted by Crippen LogP contribution is -2.26. The van der Waals surface area contributed by atoms with Crippen LogP contribution in [0, 0.1) is 11.3 Å². The second-order valence-corrected chi connectivity index (χ2v) is 3.78. The van der Waals surface area contributed by atoms with E-state index in [0.717, 1.165) is 11.1 Å². The molecule has 0 aliphatic carbocycles. The molecular weight excluding hydrogens is 172 g/mol. The van der Waals surface area contributed by atoms with Crippen molar-refractivity contribution in [2.24, 2.45) is 0 Å². The number of benzene rings is 1. The van der Waals surface area contributed by atoms with E-state index in [1.165, 1.54) is 0 Å².